The fourth-order valence-electron chi connectivity index (χ4n) is 6.20. The van der Waals surface area contributed by atoms with E-state index in [-0.39, 0.29) is 41.4 Å². The first-order chi connectivity index (χ1) is 18.7. The molecule has 5 amide bonds. The minimum atomic E-state index is -1.20. The molecule has 0 aromatic heterocycles. The van der Waals surface area contributed by atoms with Crippen molar-refractivity contribution in [3.8, 4) is 5.75 Å². The largest absolute Gasteiger partial charge is 0.478 e. The Hall–Kier alpha value is -3.63. The van der Waals surface area contributed by atoms with E-state index in [2.05, 4.69) is 29.8 Å². The highest BCUT2D eigenvalue weighted by Crippen LogP contribution is 2.65. The molecule has 2 unspecified atom stereocenters. The lowest BCUT2D eigenvalue weighted by molar-refractivity contribution is -0.146. The van der Waals surface area contributed by atoms with Gasteiger partial charge in [0.05, 0.1) is 5.69 Å². The molecule has 0 radical (unpaired) electrons. The number of nitrogens with two attached hydrogens (primary N) is 1. The number of benzene rings is 1. The smallest absolute Gasteiger partial charge is 0.265 e. The van der Waals surface area contributed by atoms with Crippen LogP contribution in [0.5, 0.6) is 5.75 Å². The Labute approximate surface area is 233 Å². The second kappa shape index (κ2) is 9.78. The molecule has 11 heteroatoms. The number of hydrogen-bond acceptors (Lipinski definition) is 6. The molecule has 0 spiro atoms. The van der Waals surface area contributed by atoms with Gasteiger partial charge in [0.1, 0.15) is 23.9 Å². The number of piperidine rings is 1. The maximum absolute atomic E-state index is 13.9. The Balaban J connectivity index is 1.33. The lowest BCUT2D eigenvalue weighted by Gasteiger charge is -2.38. The number of carbonyl (C=O) groups is 5. The number of fused-ring (bicyclic) bond motifs is 2. The molecule has 0 bridgehead atoms. The minimum absolute atomic E-state index is 0.0647. The molecule has 5 N–H and O–H groups in total. The van der Waals surface area contributed by atoms with E-state index < -0.39 is 47.4 Å². The van der Waals surface area contributed by atoms with Crippen LogP contribution >= 0.6 is 0 Å². The van der Waals surface area contributed by atoms with Crippen LogP contribution in [-0.4, -0.2) is 65.2 Å². The van der Waals surface area contributed by atoms with Crippen molar-refractivity contribution in [2.75, 3.05) is 11.9 Å². The summed E-state index contributed by atoms with van der Waals surface area (Å²) in [6.07, 6.45) is 0.420. The summed E-state index contributed by atoms with van der Waals surface area (Å²) < 4.78 is 5.81. The quantitative estimate of drug-likeness (QED) is 0.378. The average molecular weight is 554 g/mol. The Morgan fingerprint density at radius 1 is 1.12 bits per heavy atom. The minimum Gasteiger partial charge on any atom is -0.478 e. The number of anilines is 1. The third kappa shape index (κ3) is 5.13. The maximum Gasteiger partial charge on any atom is 0.265 e. The van der Waals surface area contributed by atoms with Crippen molar-refractivity contribution in [1.82, 2.24) is 15.5 Å². The Morgan fingerprint density at radius 2 is 1.80 bits per heavy atom. The number of amides is 5. The summed E-state index contributed by atoms with van der Waals surface area (Å²) in [5.74, 6) is -1.81. The van der Waals surface area contributed by atoms with E-state index >= 15 is 0 Å². The standard InChI is InChI=1S/C29H39N5O6/c1-28(2,3)22(33-24(36)14-10-11-14)27(39)34-13-15-20(29(15,4)5)21(34)26(38)32-17(23(30)35)12-19-25(37)31-16-8-6-7-9-18(16)40-19/h6-9,14-15,17,19-22H,10-13H2,1-5H3,(H2,30,35)(H,31,37)(H,32,38)(H,33,36)/t15-,17?,19-,20-,21-,22?/m0/s1. The van der Waals surface area contributed by atoms with Crippen LogP contribution in [0, 0.1) is 28.6 Å². The summed E-state index contributed by atoms with van der Waals surface area (Å²) in [5.41, 5.74) is 5.44. The average Bonchev–Trinajstić information content (AvgIpc) is 3.75. The van der Waals surface area contributed by atoms with Gasteiger partial charge in [0, 0.05) is 18.9 Å². The number of ether oxygens (including phenoxy) is 1. The molecule has 2 aliphatic heterocycles. The molecule has 1 aromatic rings. The van der Waals surface area contributed by atoms with Crippen LogP contribution in [0.1, 0.15) is 53.9 Å². The lowest BCUT2D eigenvalue weighted by Crippen LogP contribution is -2.61. The third-order valence-electron chi connectivity index (χ3n) is 8.92. The van der Waals surface area contributed by atoms with Crippen LogP contribution < -0.4 is 26.4 Å². The van der Waals surface area contributed by atoms with Gasteiger partial charge in [-0.2, -0.15) is 0 Å². The number of nitrogens with one attached hydrogen (secondary N) is 3. The van der Waals surface area contributed by atoms with E-state index in [0.29, 0.717) is 18.0 Å². The fourth-order valence-corrected chi connectivity index (χ4v) is 6.20. The zero-order chi connectivity index (χ0) is 29.1. The summed E-state index contributed by atoms with van der Waals surface area (Å²) >= 11 is 0. The van der Waals surface area contributed by atoms with Crippen molar-refractivity contribution in [3.05, 3.63) is 24.3 Å². The van der Waals surface area contributed by atoms with Crippen molar-refractivity contribution < 1.29 is 28.7 Å². The molecule has 216 valence electrons. The van der Waals surface area contributed by atoms with E-state index in [9.17, 15) is 24.0 Å². The van der Waals surface area contributed by atoms with Gasteiger partial charge >= 0.3 is 0 Å². The highest BCUT2D eigenvalue weighted by atomic mass is 16.5. The van der Waals surface area contributed by atoms with Gasteiger partial charge in [-0.15, -0.1) is 0 Å². The number of hydrogen-bond donors (Lipinski definition) is 4. The summed E-state index contributed by atoms with van der Waals surface area (Å²) in [4.78, 5) is 67.0. The molecule has 1 saturated heterocycles. The van der Waals surface area contributed by atoms with E-state index in [0.717, 1.165) is 12.8 Å². The normalized spacial score (nSPS) is 27.7. The first kappa shape index (κ1) is 27.9. The van der Waals surface area contributed by atoms with Crippen LogP contribution in [0.2, 0.25) is 0 Å². The second-order valence-corrected chi connectivity index (χ2v) is 13.3. The molecular weight excluding hydrogens is 514 g/mol. The monoisotopic (exact) mass is 553 g/mol. The number of carbonyl (C=O) groups excluding carboxylic acids is 5. The predicted molar refractivity (Wildman–Crippen MR) is 146 cm³/mol. The van der Waals surface area contributed by atoms with Gasteiger partial charge in [-0.05, 0) is 47.6 Å². The maximum atomic E-state index is 13.9. The van der Waals surface area contributed by atoms with Crippen molar-refractivity contribution in [1.29, 1.82) is 0 Å². The lowest BCUT2D eigenvalue weighted by atomic mass is 9.85. The highest BCUT2D eigenvalue weighted by molar-refractivity contribution is 5.99. The van der Waals surface area contributed by atoms with Gasteiger partial charge in [0.2, 0.25) is 23.6 Å². The Morgan fingerprint density at radius 3 is 2.42 bits per heavy atom. The predicted octanol–water partition coefficient (Wildman–Crippen LogP) is 1.17. The third-order valence-corrected chi connectivity index (χ3v) is 8.92. The molecule has 3 fully saturated rings. The Bertz CT molecular complexity index is 1250. The number of para-hydroxylation sites is 2. The Kier molecular flexibility index (Phi) is 6.82. The second-order valence-electron chi connectivity index (χ2n) is 13.3. The van der Waals surface area contributed by atoms with E-state index in [1.807, 2.05) is 20.8 Å². The van der Waals surface area contributed by atoms with Crippen molar-refractivity contribution in [2.24, 2.45) is 34.3 Å². The number of primary amides is 1. The first-order valence-electron chi connectivity index (χ1n) is 14.0. The molecule has 1 aromatic carbocycles. The number of nitrogens with zero attached hydrogens (tertiary/aromatic N) is 1. The van der Waals surface area contributed by atoms with Gasteiger partial charge in [-0.1, -0.05) is 46.8 Å². The number of likely N-dealkylation sites (tertiary alicyclic amines) is 1. The van der Waals surface area contributed by atoms with Crippen molar-refractivity contribution in [3.63, 3.8) is 0 Å². The molecular formula is C29H39N5O6. The van der Waals surface area contributed by atoms with Gasteiger partial charge in [-0.25, -0.2) is 0 Å². The van der Waals surface area contributed by atoms with Gasteiger partial charge in [0.25, 0.3) is 5.91 Å². The zero-order valence-electron chi connectivity index (χ0n) is 23.7. The van der Waals surface area contributed by atoms with E-state index in [4.69, 9.17) is 10.5 Å². The van der Waals surface area contributed by atoms with Crippen LogP contribution in [0.3, 0.4) is 0 Å². The molecule has 4 aliphatic rings. The van der Waals surface area contributed by atoms with Crippen molar-refractivity contribution >= 4 is 35.2 Å². The highest BCUT2D eigenvalue weighted by Gasteiger charge is 2.70. The summed E-state index contributed by atoms with van der Waals surface area (Å²) in [6.45, 7) is 10.2. The van der Waals surface area contributed by atoms with Gasteiger partial charge in [0.15, 0.2) is 6.10 Å². The van der Waals surface area contributed by atoms with Crippen LogP contribution in [-0.2, 0) is 24.0 Å². The summed E-state index contributed by atoms with van der Waals surface area (Å²) in [5, 5.41) is 8.40. The summed E-state index contributed by atoms with van der Waals surface area (Å²) in [7, 11) is 0. The van der Waals surface area contributed by atoms with E-state index in [1.54, 1.807) is 29.2 Å². The molecule has 2 heterocycles. The van der Waals surface area contributed by atoms with E-state index in [1.165, 1.54) is 0 Å². The molecule has 40 heavy (non-hydrogen) atoms. The molecule has 2 aliphatic carbocycles. The molecule has 5 rings (SSSR count). The first-order valence-corrected chi connectivity index (χ1v) is 14.0. The topological polar surface area (TPSA) is 160 Å². The summed E-state index contributed by atoms with van der Waals surface area (Å²) in [6, 6.07) is 4.09. The SMILES string of the molecule is CC(C)(C)C(NC(=O)C1CC1)C(=O)N1C[C@H]2[C@@H]([C@H]1C(=O)NC(C[C@@H]1Oc3ccccc3NC1=O)C(N)=O)C2(C)C. The molecule has 6 atom stereocenters. The van der Waals surface area contributed by atoms with Crippen molar-refractivity contribution in [2.45, 2.75) is 78.1 Å². The van der Waals surface area contributed by atoms with Gasteiger partial charge in [-0.3, -0.25) is 24.0 Å². The molecule has 2 saturated carbocycles. The molecule has 11 nitrogen and oxygen atoms in total. The van der Waals surface area contributed by atoms with Crippen LogP contribution in [0.15, 0.2) is 24.3 Å². The fraction of sp³-hybridized carbons (Fsp3) is 0.621. The van der Waals surface area contributed by atoms with Crippen LogP contribution in [0.25, 0.3) is 0 Å². The van der Waals surface area contributed by atoms with Crippen LogP contribution in [0.4, 0.5) is 5.69 Å². The zero-order valence-corrected chi connectivity index (χ0v) is 23.7. The van der Waals surface area contributed by atoms with Gasteiger partial charge < -0.3 is 31.3 Å². The number of rotatable bonds is 8.